The maximum atomic E-state index is 12.3. The van der Waals surface area contributed by atoms with Gasteiger partial charge in [-0.15, -0.1) is 11.3 Å². The lowest BCUT2D eigenvalue weighted by molar-refractivity contribution is 0.0889. The van der Waals surface area contributed by atoms with E-state index < -0.39 is 0 Å². The summed E-state index contributed by atoms with van der Waals surface area (Å²) in [5.41, 5.74) is 1.08. The van der Waals surface area contributed by atoms with Crippen LogP contribution in [0, 0.1) is 0 Å². The molecule has 1 aliphatic rings. The lowest BCUT2D eigenvalue weighted by atomic mass is 10.0. The average molecular weight is 364 g/mol. The Kier molecular flexibility index (Phi) is 5.89. The first-order valence-electron chi connectivity index (χ1n) is 8.14. The molecule has 128 valence electrons. The predicted octanol–water partition coefficient (Wildman–Crippen LogP) is 3.12. The van der Waals surface area contributed by atoms with Gasteiger partial charge in [0.2, 0.25) is 0 Å². The molecule has 24 heavy (non-hydrogen) atoms. The van der Waals surface area contributed by atoms with Crippen LogP contribution in [-0.4, -0.2) is 55.5 Å². The maximum Gasteiger partial charge on any atom is 0.261 e. The predicted molar refractivity (Wildman–Crippen MR) is 99.9 cm³/mol. The molecule has 1 aromatic heterocycles. The number of thiophene rings is 1. The van der Waals surface area contributed by atoms with Crippen LogP contribution in [0.5, 0.6) is 0 Å². The third-order valence-corrected chi connectivity index (χ3v) is 5.66. The summed E-state index contributed by atoms with van der Waals surface area (Å²) in [5, 5.41) is 5.75. The van der Waals surface area contributed by atoms with Crippen molar-refractivity contribution < 1.29 is 4.79 Å². The topological polar surface area (TPSA) is 35.6 Å². The van der Waals surface area contributed by atoms with E-state index in [2.05, 4.69) is 28.2 Å². The lowest BCUT2D eigenvalue weighted by Gasteiger charge is -2.38. The molecule has 6 heteroatoms. The molecule has 1 fully saturated rings. The van der Waals surface area contributed by atoms with Gasteiger partial charge in [0.15, 0.2) is 0 Å². The first-order chi connectivity index (χ1) is 11.6. The van der Waals surface area contributed by atoms with Crippen LogP contribution >= 0.6 is 22.9 Å². The van der Waals surface area contributed by atoms with E-state index in [-0.39, 0.29) is 11.9 Å². The molecule has 1 atom stereocenters. The molecule has 1 aromatic carbocycles. The van der Waals surface area contributed by atoms with Gasteiger partial charge in [-0.25, -0.2) is 0 Å². The standard InChI is InChI=1S/C18H22ClN3OS/c1-21-8-10-22(11-9-21)16(14-5-2-3-6-15(14)19)13-20-18(23)17-7-4-12-24-17/h2-7,12,16H,8-11,13H2,1H3,(H,20,23). The highest BCUT2D eigenvalue weighted by molar-refractivity contribution is 7.12. The van der Waals surface area contributed by atoms with E-state index in [1.54, 1.807) is 0 Å². The summed E-state index contributed by atoms with van der Waals surface area (Å²) < 4.78 is 0. The third-order valence-electron chi connectivity index (χ3n) is 4.44. The van der Waals surface area contributed by atoms with Gasteiger partial charge < -0.3 is 10.2 Å². The third kappa shape index (κ3) is 4.16. The molecule has 3 rings (SSSR count). The van der Waals surface area contributed by atoms with Gasteiger partial charge in [0.05, 0.1) is 10.9 Å². The normalized spacial score (nSPS) is 17.6. The second-order valence-corrected chi connectivity index (χ2v) is 7.42. The van der Waals surface area contributed by atoms with E-state index in [4.69, 9.17) is 11.6 Å². The molecule has 0 aliphatic carbocycles. The summed E-state index contributed by atoms with van der Waals surface area (Å²) in [6, 6.07) is 11.8. The minimum absolute atomic E-state index is 0.0174. The van der Waals surface area contributed by atoms with Crippen molar-refractivity contribution in [2.75, 3.05) is 39.8 Å². The van der Waals surface area contributed by atoms with Crippen molar-refractivity contribution in [2.24, 2.45) is 0 Å². The first-order valence-corrected chi connectivity index (χ1v) is 9.39. The minimum Gasteiger partial charge on any atom is -0.349 e. The number of hydrogen-bond acceptors (Lipinski definition) is 4. The van der Waals surface area contributed by atoms with Crippen molar-refractivity contribution in [1.82, 2.24) is 15.1 Å². The number of nitrogens with one attached hydrogen (secondary N) is 1. The summed E-state index contributed by atoms with van der Waals surface area (Å²) in [6.07, 6.45) is 0. The summed E-state index contributed by atoms with van der Waals surface area (Å²) in [7, 11) is 2.14. The van der Waals surface area contributed by atoms with Crippen LogP contribution in [0.2, 0.25) is 5.02 Å². The summed E-state index contributed by atoms with van der Waals surface area (Å²) in [6.45, 7) is 4.56. The Bertz CT molecular complexity index is 669. The number of nitrogens with zero attached hydrogens (tertiary/aromatic N) is 2. The quantitative estimate of drug-likeness (QED) is 0.886. The molecule has 1 aliphatic heterocycles. The minimum atomic E-state index is -0.0174. The number of likely N-dealkylation sites (N-methyl/N-ethyl adjacent to an activating group) is 1. The Morgan fingerprint density at radius 1 is 1.21 bits per heavy atom. The molecule has 0 radical (unpaired) electrons. The molecular weight excluding hydrogens is 342 g/mol. The average Bonchev–Trinajstić information content (AvgIpc) is 3.12. The smallest absolute Gasteiger partial charge is 0.261 e. The molecule has 1 N–H and O–H groups in total. The highest BCUT2D eigenvalue weighted by atomic mass is 35.5. The van der Waals surface area contributed by atoms with Crippen LogP contribution in [-0.2, 0) is 0 Å². The Balaban J connectivity index is 1.74. The fourth-order valence-corrected chi connectivity index (χ4v) is 3.90. The number of carbonyl (C=O) groups excluding carboxylic acids is 1. The van der Waals surface area contributed by atoms with E-state index in [9.17, 15) is 4.79 Å². The van der Waals surface area contributed by atoms with Crippen LogP contribution < -0.4 is 5.32 Å². The van der Waals surface area contributed by atoms with Crippen molar-refractivity contribution in [3.8, 4) is 0 Å². The van der Waals surface area contributed by atoms with Gasteiger partial charge in [0.1, 0.15) is 0 Å². The Morgan fingerprint density at radius 2 is 1.96 bits per heavy atom. The van der Waals surface area contributed by atoms with Crippen LogP contribution in [0.25, 0.3) is 0 Å². The van der Waals surface area contributed by atoms with Crippen molar-refractivity contribution >= 4 is 28.8 Å². The lowest BCUT2D eigenvalue weighted by Crippen LogP contribution is -2.48. The van der Waals surface area contributed by atoms with Crippen LogP contribution in [0.4, 0.5) is 0 Å². The summed E-state index contributed by atoms with van der Waals surface area (Å²) >= 11 is 7.89. The number of carbonyl (C=O) groups is 1. The Hall–Kier alpha value is -1.40. The number of halogens is 1. The van der Waals surface area contributed by atoms with Gasteiger partial charge in [-0.3, -0.25) is 9.69 Å². The molecular formula is C18H22ClN3OS. The van der Waals surface area contributed by atoms with Crippen molar-refractivity contribution in [3.05, 3.63) is 57.2 Å². The van der Waals surface area contributed by atoms with Gasteiger partial charge in [-0.1, -0.05) is 35.9 Å². The van der Waals surface area contributed by atoms with Crippen molar-refractivity contribution in [2.45, 2.75) is 6.04 Å². The molecule has 2 aromatic rings. The van der Waals surface area contributed by atoms with Crippen LogP contribution in [0.15, 0.2) is 41.8 Å². The molecule has 4 nitrogen and oxygen atoms in total. The molecule has 0 bridgehead atoms. The Morgan fingerprint density at radius 3 is 2.62 bits per heavy atom. The number of hydrogen-bond donors (Lipinski definition) is 1. The van der Waals surface area contributed by atoms with Gasteiger partial charge in [0, 0.05) is 37.7 Å². The highest BCUT2D eigenvalue weighted by Crippen LogP contribution is 2.28. The first kappa shape index (κ1) is 17.4. The monoisotopic (exact) mass is 363 g/mol. The highest BCUT2D eigenvalue weighted by Gasteiger charge is 2.26. The van der Waals surface area contributed by atoms with E-state index in [1.807, 2.05) is 35.7 Å². The molecule has 2 heterocycles. The van der Waals surface area contributed by atoms with Gasteiger partial charge in [0.25, 0.3) is 5.91 Å². The molecule has 1 unspecified atom stereocenters. The Labute approximate surface area is 152 Å². The zero-order chi connectivity index (χ0) is 16.9. The van der Waals surface area contributed by atoms with E-state index in [0.717, 1.165) is 41.6 Å². The van der Waals surface area contributed by atoms with Crippen LogP contribution in [0.1, 0.15) is 21.3 Å². The van der Waals surface area contributed by atoms with E-state index in [0.29, 0.717) is 6.54 Å². The molecule has 0 saturated carbocycles. The zero-order valence-electron chi connectivity index (χ0n) is 13.7. The fourth-order valence-electron chi connectivity index (χ4n) is 3.00. The molecule has 1 amide bonds. The maximum absolute atomic E-state index is 12.3. The van der Waals surface area contributed by atoms with E-state index >= 15 is 0 Å². The fraction of sp³-hybridized carbons (Fsp3) is 0.389. The summed E-state index contributed by atoms with van der Waals surface area (Å²) in [4.78, 5) is 17.8. The number of benzene rings is 1. The van der Waals surface area contributed by atoms with Crippen LogP contribution in [0.3, 0.4) is 0 Å². The van der Waals surface area contributed by atoms with Crippen molar-refractivity contribution in [3.63, 3.8) is 0 Å². The SMILES string of the molecule is CN1CCN(C(CNC(=O)c2cccs2)c2ccccc2Cl)CC1. The second kappa shape index (κ2) is 8.12. The number of amides is 1. The molecule has 1 saturated heterocycles. The van der Waals surface area contributed by atoms with E-state index in [1.165, 1.54) is 11.3 Å². The summed E-state index contributed by atoms with van der Waals surface area (Å²) in [5.74, 6) is -0.0174. The van der Waals surface area contributed by atoms with Gasteiger partial charge in [-0.05, 0) is 30.1 Å². The van der Waals surface area contributed by atoms with Gasteiger partial charge >= 0.3 is 0 Å². The molecule has 0 spiro atoms. The number of piperazine rings is 1. The largest absolute Gasteiger partial charge is 0.349 e. The zero-order valence-corrected chi connectivity index (χ0v) is 15.3. The van der Waals surface area contributed by atoms with Crippen molar-refractivity contribution in [1.29, 1.82) is 0 Å². The van der Waals surface area contributed by atoms with Gasteiger partial charge in [-0.2, -0.15) is 0 Å². The second-order valence-electron chi connectivity index (χ2n) is 6.06. The number of rotatable bonds is 5.